The standard InChI is InChI=1S/C11H10Cl2N2O2/c1-14-5-3-2-4-8-6-9(12)10(13)7-11(8)15(16)17/h6-7,14H,3,5H2,1H3. The van der Waals surface area contributed by atoms with Crippen LogP contribution in [0.25, 0.3) is 0 Å². The van der Waals surface area contributed by atoms with Crippen molar-refractivity contribution >= 4 is 28.9 Å². The van der Waals surface area contributed by atoms with Gasteiger partial charge in [-0.3, -0.25) is 10.1 Å². The van der Waals surface area contributed by atoms with Gasteiger partial charge in [0, 0.05) is 19.0 Å². The van der Waals surface area contributed by atoms with Crippen molar-refractivity contribution in [3.8, 4) is 11.8 Å². The highest BCUT2D eigenvalue weighted by molar-refractivity contribution is 6.42. The van der Waals surface area contributed by atoms with Gasteiger partial charge in [-0.15, -0.1) is 0 Å². The van der Waals surface area contributed by atoms with Crippen LogP contribution in [-0.2, 0) is 0 Å². The molecule has 0 aromatic heterocycles. The Kier molecular flexibility index (Phi) is 5.23. The molecule has 0 bridgehead atoms. The summed E-state index contributed by atoms with van der Waals surface area (Å²) < 4.78 is 0. The summed E-state index contributed by atoms with van der Waals surface area (Å²) in [5.41, 5.74) is 0.150. The molecule has 1 aromatic carbocycles. The van der Waals surface area contributed by atoms with Crippen LogP contribution in [0.2, 0.25) is 10.0 Å². The maximum atomic E-state index is 10.8. The van der Waals surface area contributed by atoms with Crippen molar-refractivity contribution in [1.82, 2.24) is 5.32 Å². The molecule has 0 saturated carbocycles. The lowest BCUT2D eigenvalue weighted by molar-refractivity contribution is -0.385. The van der Waals surface area contributed by atoms with Crippen LogP contribution in [-0.4, -0.2) is 18.5 Å². The van der Waals surface area contributed by atoms with E-state index < -0.39 is 4.92 Å². The molecular formula is C11H10Cl2N2O2. The van der Waals surface area contributed by atoms with Crippen LogP contribution in [0, 0.1) is 22.0 Å². The Hall–Kier alpha value is -1.28. The maximum absolute atomic E-state index is 10.8. The smallest absolute Gasteiger partial charge is 0.286 e. The van der Waals surface area contributed by atoms with E-state index in [1.807, 2.05) is 7.05 Å². The second-order valence-electron chi connectivity index (χ2n) is 3.20. The van der Waals surface area contributed by atoms with Crippen molar-refractivity contribution in [3.63, 3.8) is 0 Å². The fraction of sp³-hybridized carbons (Fsp3) is 0.273. The van der Waals surface area contributed by atoms with Crippen molar-refractivity contribution < 1.29 is 4.92 Å². The normalized spacial score (nSPS) is 9.59. The van der Waals surface area contributed by atoms with Gasteiger partial charge >= 0.3 is 0 Å². The summed E-state index contributed by atoms with van der Waals surface area (Å²) in [6, 6.07) is 2.63. The monoisotopic (exact) mass is 272 g/mol. The molecule has 0 spiro atoms. The van der Waals surface area contributed by atoms with E-state index in [0.717, 1.165) is 6.54 Å². The van der Waals surface area contributed by atoms with Crippen LogP contribution < -0.4 is 5.32 Å². The van der Waals surface area contributed by atoms with Gasteiger partial charge in [0.15, 0.2) is 0 Å². The molecule has 0 atom stereocenters. The number of halogens is 2. The van der Waals surface area contributed by atoms with Gasteiger partial charge in [0.1, 0.15) is 5.56 Å². The minimum absolute atomic E-state index is 0.128. The van der Waals surface area contributed by atoms with Crippen molar-refractivity contribution in [3.05, 3.63) is 37.9 Å². The minimum atomic E-state index is -0.524. The zero-order chi connectivity index (χ0) is 12.8. The number of hydrogen-bond donors (Lipinski definition) is 1. The summed E-state index contributed by atoms with van der Waals surface area (Å²) in [7, 11) is 1.81. The lowest BCUT2D eigenvalue weighted by Crippen LogP contribution is -2.05. The Morgan fingerprint density at radius 2 is 2.06 bits per heavy atom. The molecular weight excluding hydrogens is 263 g/mol. The predicted octanol–water partition coefficient (Wildman–Crippen LogP) is 2.86. The summed E-state index contributed by atoms with van der Waals surface area (Å²) in [6.07, 6.45) is 0.605. The van der Waals surface area contributed by atoms with Gasteiger partial charge < -0.3 is 5.32 Å². The van der Waals surface area contributed by atoms with Gasteiger partial charge in [0.2, 0.25) is 0 Å². The number of nitrogens with one attached hydrogen (secondary N) is 1. The highest BCUT2D eigenvalue weighted by atomic mass is 35.5. The summed E-state index contributed by atoms with van der Waals surface area (Å²) in [6.45, 7) is 0.724. The quantitative estimate of drug-likeness (QED) is 0.399. The second-order valence-corrected chi connectivity index (χ2v) is 4.01. The number of nitro groups is 1. The second kappa shape index (κ2) is 6.45. The van der Waals surface area contributed by atoms with Crippen molar-refractivity contribution in [2.45, 2.75) is 6.42 Å². The molecule has 4 nitrogen and oxygen atoms in total. The summed E-state index contributed by atoms with van der Waals surface area (Å²) in [5.74, 6) is 5.55. The average Bonchev–Trinajstić information content (AvgIpc) is 2.28. The molecule has 0 aliphatic heterocycles. The van der Waals surface area contributed by atoms with E-state index >= 15 is 0 Å². The molecule has 90 valence electrons. The number of benzene rings is 1. The summed E-state index contributed by atoms with van der Waals surface area (Å²) >= 11 is 11.5. The first-order valence-corrected chi connectivity index (χ1v) is 5.58. The minimum Gasteiger partial charge on any atom is -0.319 e. The van der Waals surface area contributed by atoms with Crippen LogP contribution >= 0.6 is 23.2 Å². The molecule has 1 aromatic rings. The molecule has 0 heterocycles. The molecule has 6 heteroatoms. The molecule has 17 heavy (non-hydrogen) atoms. The van der Waals surface area contributed by atoms with E-state index in [9.17, 15) is 10.1 Å². The van der Waals surface area contributed by atoms with Gasteiger partial charge in [-0.05, 0) is 13.1 Å². The largest absolute Gasteiger partial charge is 0.319 e. The fourth-order valence-corrected chi connectivity index (χ4v) is 1.45. The highest BCUT2D eigenvalue weighted by Crippen LogP contribution is 2.29. The molecule has 0 aliphatic rings. The molecule has 0 saturated heterocycles. The lowest BCUT2D eigenvalue weighted by atomic mass is 10.2. The Morgan fingerprint density at radius 1 is 1.41 bits per heavy atom. The molecule has 0 radical (unpaired) electrons. The van der Waals surface area contributed by atoms with Gasteiger partial charge in [-0.1, -0.05) is 35.0 Å². The van der Waals surface area contributed by atoms with E-state index in [-0.39, 0.29) is 21.3 Å². The number of nitrogens with zero attached hydrogens (tertiary/aromatic N) is 1. The van der Waals surface area contributed by atoms with Crippen molar-refractivity contribution in [2.75, 3.05) is 13.6 Å². The van der Waals surface area contributed by atoms with Crippen molar-refractivity contribution in [1.29, 1.82) is 0 Å². The van der Waals surface area contributed by atoms with Crippen LogP contribution in [0.5, 0.6) is 0 Å². The highest BCUT2D eigenvalue weighted by Gasteiger charge is 2.15. The zero-order valence-electron chi connectivity index (χ0n) is 9.09. The predicted molar refractivity (Wildman–Crippen MR) is 68.5 cm³/mol. The lowest BCUT2D eigenvalue weighted by Gasteiger charge is -1.99. The Balaban J connectivity index is 3.07. The number of hydrogen-bond acceptors (Lipinski definition) is 3. The first-order chi connectivity index (χ1) is 8.06. The first-order valence-electron chi connectivity index (χ1n) is 4.83. The summed E-state index contributed by atoms with van der Waals surface area (Å²) in [5, 5.41) is 14.1. The molecule has 1 N–H and O–H groups in total. The molecule has 0 fully saturated rings. The van der Waals surface area contributed by atoms with Gasteiger partial charge in [-0.2, -0.15) is 0 Å². The van der Waals surface area contributed by atoms with E-state index in [1.165, 1.54) is 12.1 Å². The third-order valence-electron chi connectivity index (χ3n) is 1.96. The topological polar surface area (TPSA) is 55.2 Å². The summed E-state index contributed by atoms with van der Waals surface area (Å²) in [4.78, 5) is 10.3. The maximum Gasteiger partial charge on any atom is 0.286 e. The van der Waals surface area contributed by atoms with Crippen LogP contribution in [0.3, 0.4) is 0 Å². The van der Waals surface area contributed by atoms with E-state index in [2.05, 4.69) is 17.2 Å². The molecule has 1 rings (SSSR count). The van der Waals surface area contributed by atoms with E-state index in [4.69, 9.17) is 23.2 Å². The van der Waals surface area contributed by atoms with Gasteiger partial charge in [0.25, 0.3) is 5.69 Å². The Labute approximate surface area is 109 Å². The van der Waals surface area contributed by atoms with Crippen LogP contribution in [0.15, 0.2) is 12.1 Å². The fourth-order valence-electron chi connectivity index (χ4n) is 1.13. The first kappa shape index (κ1) is 13.8. The molecule has 0 unspecified atom stereocenters. The molecule has 0 aliphatic carbocycles. The average molecular weight is 273 g/mol. The zero-order valence-corrected chi connectivity index (χ0v) is 10.6. The van der Waals surface area contributed by atoms with Crippen LogP contribution in [0.4, 0.5) is 5.69 Å². The molecule has 0 amide bonds. The van der Waals surface area contributed by atoms with E-state index in [1.54, 1.807) is 0 Å². The number of nitro benzene ring substituents is 1. The SMILES string of the molecule is CNCCC#Cc1cc(Cl)c(Cl)cc1[N+](=O)[O-]. The number of rotatable bonds is 3. The third-order valence-corrected chi connectivity index (χ3v) is 2.68. The Bertz CT molecular complexity index is 492. The van der Waals surface area contributed by atoms with E-state index in [0.29, 0.717) is 6.42 Å². The van der Waals surface area contributed by atoms with Gasteiger partial charge in [0.05, 0.1) is 15.0 Å². The van der Waals surface area contributed by atoms with Crippen LogP contribution in [0.1, 0.15) is 12.0 Å². The third kappa shape index (κ3) is 3.90. The Morgan fingerprint density at radius 3 is 2.65 bits per heavy atom. The van der Waals surface area contributed by atoms with Gasteiger partial charge in [-0.25, -0.2) is 0 Å². The van der Waals surface area contributed by atoms with Crippen molar-refractivity contribution in [2.24, 2.45) is 0 Å².